The van der Waals surface area contributed by atoms with E-state index in [1.165, 1.54) is 0 Å². The first-order valence-electron chi connectivity index (χ1n) is 6.47. The molecule has 0 amide bonds. The highest BCUT2D eigenvalue weighted by molar-refractivity contribution is 5.80. The minimum Gasteiger partial charge on any atom is -0.392 e. The predicted octanol–water partition coefficient (Wildman–Crippen LogP) is 1.58. The monoisotopic (exact) mass is 264 g/mol. The highest BCUT2D eigenvalue weighted by Crippen LogP contribution is 2.19. The molecule has 1 N–H and O–H groups in total. The molecule has 0 bridgehead atoms. The number of hydrogen-bond donors (Lipinski definition) is 1. The summed E-state index contributed by atoms with van der Waals surface area (Å²) >= 11 is 0. The van der Waals surface area contributed by atoms with Crippen LogP contribution >= 0.6 is 0 Å². The van der Waals surface area contributed by atoms with Crippen molar-refractivity contribution in [3.05, 3.63) is 30.1 Å². The van der Waals surface area contributed by atoms with Gasteiger partial charge in [0.15, 0.2) is 0 Å². The summed E-state index contributed by atoms with van der Waals surface area (Å²) in [4.78, 5) is 4.35. The summed E-state index contributed by atoms with van der Waals surface area (Å²) < 4.78 is 12.5. The molecule has 104 valence electrons. The van der Waals surface area contributed by atoms with E-state index in [4.69, 9.17) is 9.47 Å². The van der Waals surface area contributed by atoms with Crippen LogP contribution < -0.4 is 0 Å². The van der Waals surface area contributed by atoms with E-state index in [0.29, 0.717) is 13.2 Å². The van der Waals surface area contributed by atoms with Crippen LogP contribution in [-0.2, 0) is 22.6 Å². The quantitative estimate of drug-likeness (QED) is 0.735. The number of aliphatic hydroxyl groups is 1. The molecule has 0 aliphatic rings. The van der Waals surface area contributed by atoms with Gasteiger partial charge in [-0.25, -0.2) is 4.98 Å². The second-order valence-electron chi connectivity index (χ2n) is 4.34. The maximum absolute atomic E-state index is 9.33. The first-order valence-corrected chi connectivity index (χ1v) is 6.47. The van der Waals surface area contributed by atoms with Crippen molar-refractivity contribution in [2.45, 2.75) is 19.6 Å². The van der Waals surface area contributed by atoms with Crippen molar-refractivity contribution in [1.82, 2.24) is 9.55 Å². The van der Waals surface area contributed by atoms with Crippen molar-refractivity contribution in [2.24, 2.45) is 0 Å². The van der Waals surface area contributed by atoms with Crippen LogP contribution in [0.1, 0.15) is 12.0 Å². The fourth-order valence-corrected chi connectivity index (χ4v) is 2.06. The Bertz CT molecular complexity index is 510. The van der Waals surface area contributed by atoms with Crippen LogP contribution in [0.15, 0.2) is 24.5 Å². The van der Waals surface area contributed by atoms with Gasteiger partial charge in [0.05, 0.1) is 13.2 Å². The van der Waals surface area contributed by atoms with E-state index in [0.717, 1.165) is 36.2 Å². The molecule has 2 aromatic heterocycles. The number of rotatable bonds is 8. The Morgan fingerprint density at radius 1 is 1.32 bits per heavy atom. The Hall–Kier alpha value is -1.43. The normalized spacial score (nSPS) is 11.3. The topological polar surface area (TPSA) is 56.5 Å². The Kier molecular flexibility index (Phi) is 5.32. The molecule has 5 heteroatoms. The molecule has 0 unspecified atom stereocenters. The number of methoxy groups -OCH3 is 1. The second kappa shape index (κ2) is 7.23. The number of aromatic nitrogens is 2. The second-order valence-corrected chi connectivity index (χ2v) is 4.34. The van der Waals surface area contributed by atoms with Crippen molar-refractivity contribution in [3.8, 4) is 0 Å². The fourth-order valence-electron chi connectivity index (χ4n) is 2.06. The molecule has 0 saturated heterocycles. The average molecular weight is 264 g/mol. The van der Waals surface area contributed by atoms with Gasteiger partial charge in [-0.3, -0.25) is 0 Å². The first-order chi connectivity index (χ1) is 9.36. The lowest BCUT2D eigenvalue weighted by atomic mass is 10.2. The number of nitrogens with zero attached hydrogens (tertiary/aromatic N) is 2. The van der Waals surface area contributed by atoms with Crippen molar-refractivity contribution in [1.29, 1.82) is 0 Å². The van der Waals surface area contributed by atoms with Gasteiger partial charge in [-0.15, -0.1) is 0 Å². The van der Waals surface area contributed by atoms with E-state index in [1.54, 1.807) is 13.3 Å². The van der Waals surface area contributed by atoms with E-state index in [9.17, 15) is 5.11 Å². The summed E-state index contributed by atoms with van der Waals surface area (Å²) in [5.74, 6) is 0. The first kappa shape index (κ1) is 14.0. The number of ether oxygens (including phenoxy) is 2. The smallest absolute Gasteiger partial charge is 0.140 e. The zero-order chi connectivity index (χ0) is 13.5. The average Bonchev–Trinajstić information content (AvgIpc) is 2.81. The molecule has 0 fully saturated rings. The van der Waals surface area contributed by atoms with Gasteiger partial charge >= 0.3 is 0 Å². The van der Waals surface area contributed by atoms with E-state index in [2.05, 4.69) is 4.98 Å². The third kappa shape index (κ3) is 3.53. The molecule has 5 nitrogen and oxygen atoms in total. The van der Waals surface area contributed by atoms with Crippen LogP contribution in [0.2, 0.25) is 0 Å². The molecule has 2 aromatic rings. The van der Waals surface area contributed by atoms with Crippen molar-refractivity contribution >= 4 is 11.0 Å². The summed E-state index contributed by atoms with van der Waals surface area (Å²) in [5.41, 5.74) is 1.80. The lowest BCUT2D eigenvalue weighted by molar-refractivity contribution is 0.0981. The molecular formula is C14H20N2O3. The lowest BCUT2D eigenvalue weighted by Crippen LogP contribution is -2.07. The van der Waals surface area contributed by atoms with E-state index < -0.39 is 0 Å². The summed E-state index contributed by atoms with van der Waals surface area (Å²) in [7, 11) is 1.69. The fraction of sp³-hybridized carbons (Fsp3) is 0.500. The van der Waals surface area contributed by atoms with Gasteiger partial charge in [0.25, 0.3) is 0 Å². The van der Waals surface area contributed by atoms with Crippen LogP contribution in [0.25, 0.3) is 11.0 Å². The van der Waals surface area contributed by atoms with Crippen LogP contribution in [0.4, 0.5) is 0 Å². The van der Waals surface area contributed by atoms with E-state index in [1.807, 2.05) is 22.9 Å². The standard InChI is InChI=1S/C14H20N2O3/c1-18-7-3-8-19-9-6-16-10-12(11-17)13-4-2-5-15-14(13)16/h2,4-5,10,17H,3,6-9,11H2,1H3. The van der Waals surface area contributed by atoms with Gasteiger partial charge in [-0.05, 0) is 18.6 Å². The van der Waals surface area contributed by atoms with Gasteiger partial charge in [0.2, 0.25) is 0 Å². The number of hydrogen-bond acceptors (Lipinski definition) is 4. The third-order valence-electron chi connectivity index (χ3n) is 3.00. The molecule has 0 aliphatic heterocycles. The molecule has 0 aromatic carbocycles. The van der Waals surface area contributed by atoms with Crippen molar-refractivity contribution in [3.63, 3.8) is 0 Å². The minimum atomic E-state index is 0.0316. The minimum absolute atomic E-state index is 0.0316. The summed E-state index contributed by atoms with van der Waals surface area (Å²) in [5, 5.41) is 10.3. The lowest BCUT2D eigenvalue weighted by Gasteiger charge is -2.06. The SMILES string of the molecule is COCCCOCCn1cc(CO)c2cccnc21. The Morgan fingerprint density at radius 2 is 2.21 bits per heavy atom. The molecule has 0 radical (unpaired) electrons. The van der Waals surface area contributed by atoms with E-state index in [-0.39, 0.29) is 6.61 Å². The number of fused-ring (bicyclic) bond motifs is 1. The molecular weight excluding hydrogens is 244 g/mol. The Labute approximate surface area is 112 Å². The number of pyridine rings is 1. The summed E-state index contributed by atoms with van der Waals surface area (Å²) in [6.45, 7) is 2.83. The van der Waals surface area contributed by atoms with Crippen molar-refractivity contribution < 1.29 is 14.6 Å². The van der Waals surface area contributed by atoms with Crippen LogP contribution in [-0.4, -0.2) is 41.6 Å². The molecule has 2 heterocycles. The molecule has 2 rings (SSSR count). The predicted molar refractivity (Wildman–Crippen MR) is 73.0 cm³/mol. The largest absolute Gasteiger partial charge is 0.392 e. The highest BCUT2D eigenvalue weighted by atomic mass is 16.5. The zero-order valence-corrected chi connectivity index (χ0v) is 11.2. The van der Waals surface area contributed by atoms with Gasteiger partial charge in [-0.2, -0.15) is 0 Å². The molecule has 0 spiro atoms. The van der Waals surface area contributed by atoms with Crippen LogP contribution in [0.3, 0.4) is 0 Å². The molecule has 0 atom stereocenters. The molecule has 19 heavy (non-hydrogen) atoms. The maximum atomic E-state index is 9.33. The van der Waals surface area contributed by atoms with E-state index >= 15 is 0 Å². The van der Waals surface area contributed by atoms with Crippen molar-refractivity contribution in [2.75, 3.05) is 26.9 Å². The van der Waals surface area contributed by atoms with Gasteiger partial charge in [0.1, 0.15) is 5.65 Å². The Balaban J connectivity index is 1.93. The van der Waals surface area contributed by atoms with Gasteiger partial charge in [0, 0.05) is 50.2 Å². The Morgan fingerprint density at radius 3 is 3.00 bits per heavy atom. The van der Waals surface area contributed by atoms with Gasteiger partial charge in [-0.1, -0.05) is 0 Å². The van der Waals surface area contributed by atoms with Gasteiger partial charge < -0.3 is 19.1 Å². The van der Waals surface area contributed by atoms with Crippen LogP contribution in [0.5, 0.6) is 0 Å². The highest BCUT2D eigenvalue weighted by Gasteiger charge is 2.07. The van der Waals surface area contributed by atoms with Crippen LogP contribution in [0, 0.1) is 0 Å². The summed E-state index contributed by atoms with van der Waals surface area (Å²) in [6.07, 6.45) is 4.61. The summed E-state index contributed by atoms with van der Waals surface area (Å²) in [6, 6.07) is 3.86. The molecule has 0 aliphatic carbocycles. The zero-order valence-electron chi connectivity index (χ0n) is 11.2. The maximum Gasteiger partial charge on any atom is 0.140 e. The molecule has 0 saturated carbocycles. The third-order valence-corrected chi connectivity index (χ3v) is 3.00. The number of aliphatic hydroxyl groups excluding tert-OH is 1.